The Kier molecular flexibility index (Phi) is 12.8. The molecule has 328 valence electrons. The SMILES string of the molecule is C=CC(=O)N1CC[C@H](C(=O)N(C)[C@H](C(=O)N[C@H]2Cc3cc(O)cc(c3)-c3ccc4c(c3)c(c(-c3cncnc3)n4CC)CC(C)(C)COC(=O)[C@@H]3CCCN(N3)C2=O)C(C)C)O1. The molecule has 2 aromatic carbocycles. The number of phenolic OH excluding ortho intramolecular Hbond substituents is 1. The summed E-state index contributed by atoms with van der Waals surface area (Å²) >= 11 is 0. The highest BCUT2D eigenvalue weighted by Gasteiger charge is 2.41. The maximum atomic E-state index is 14.6. The summed E-state index contributed by atoms with van der Waals surface area (Å²) < 4.78 is 8.26. The standard InChI is InChI=1S/C46H56N8O8/c1-8-39(56)54-16-14-38(62-54)44(59)51(7)40(27(3)4)42(57)49-36-19-28-17-30(20-32(55)18-28)29-12-13-37-33(21-29)34(41(52(37)9-2)31-23-47-26-48-24-31)22-46(5,6)25-61-45(60)35-11-10-15-53(50-35)43(36)58/h8,12-13,17-18,20-21,23-24,26-27,35-36,38,40,50,55H,1,9-11,14-16,19,22,25H2,2-7H3,(H,49,57)/t35-,36-,38+,40-/m0/s1. The highest BCUT2D eigenvalue weighted by molar-refractivity contribution is 5.96. The normalized spacial score (nSPS) is 21.0. The second kappa shape index (κ2) is 18.1. The number of hydrogen-bond donors (Lipinski definition) is 3. The Bertz CT molecular complexity index is 2380. The molecule has 5 heterocycles. The molecule has 16 heteroatoms. The maximum Gasteiger partial charge on any atom is 0.324 e. The highest BCUT2D eigenvalue weighted by Crippen LogP contribution is 2.40. The van der Waals surface area contributed by atoms with Gasteiger partial charge in [0.2, 0.25) is 5.91 Å². The van der Waals surface area contributed by atoms with E-state index in [-0.39, 0.29) is 38.3 Å². The van der Waals surface area contributed by atoms with Crippen LogP contribution in [-0.4, -0.2) is 115 Å². The van der Waals surface area contributed by atoms with E-state index >= 15 is 0 Å². The number of nitrogens with one attached hydrogen (secondary N) is 2. The van der Waals surface area contributed by atoms with Crippen LogP contribution in [0, 0.1) is 11.3 Å². The summed E-state index contributed by atoms with van der Waals surface area (Å²) in [5, 5.41) is 17.6. The predicted octanol–water partition coefficient (Wildman–Crippen LogP) is 4.34. The van der Waals surface area contributed by atoms with E-state index in [9.17, 15) is 29.1 Å². The Balaban J connectivity index is 1.28. The fourth-order valence-electron chi connectivity index (χ4n) is 8.93. The van der Waals surface area contributed by atoms with E-state index in [1.807, 2.05) is 12.1 Å². The third kappa shape index (κ3) is 9.07. The second-order valence-corrected chi connectivity index (χ2v) is 17.5. The Labute approximate surface area is 361 Å². The van der Waals surface area contributed by atoms with Crippen LogP contribution in [0.1, 0.15) is 65.0 Å². The number of nitrogens with zero attached hydrogens (tertiary/aromatic N) is 6. The van der Waals surface area contributed by atoms with Gasteiger partial charge in [-0.3, -0.25) is 33.8 Å². The number of fused-ring (bicyclic) bond motifs is 6. The number of aryl methyl sites for hydroxylation is 1. The molecule has 0 unspecified atom stereocenters. The van der Waals surface area contributed by atoms with E-state index in [0.29, 0.717) is 36.9 Å². The lowest BCUT2D eigenvalue weighted by Gasteiger charge is -2.37. The number of aromatic hydroxyl groups is 1. The maximum absolute atomic E-state index is 14.6. The molecule has 2 aromatic heterocycles. The van der Waals surface area contributed by atoms with Gasteiger partial charge in [-0.1, -0.05) is 46.4 Å². The van der Waals surface area contributed by atoms with Crippen LogP contribution in [0.5, 0.6) is 5.75 Å². The molecule has 0 aliphatic carbocycles. The molecule has 4 amide bonds. The first kappa shape index (κ1) is 43.9. The van der Waals surface area contributed by atoms with Crippen molar-refractivity contribution in [1.82, 2.24) is 40.2 Å². The Morgan fingerprint density at radius 1 is 1.06 bits per heavy atom. The number of amides is 4. The van der Waals surface area contributed by atoms with E-state index in [2.05, 4.69) is 64.8 Å². The van der Waals surface area contributed by atoms with Gasteiger partial charge < -0.3 is 24.6 Å². The fourth-order valence-corrected chi connectivity index (χ4v) is 8.93. The van der Waals surface area contributed by atoms with Gasteiger partial charge in [-0.25, -0.2) is 20.5 Å². The van der Waals surface area contributed by atoms with Crippen molar-refractivity contribution >= 4 is 40.5 Å². The minimum atomic E-state index is -1.19. The summed E-state index contributed by atoms with van der Waals surface area (Å²) in [5.41, 5.74) is 8.52. The molecule has 62 heavy (non-hydrogen) atoms. The second-order valence-electron chi connectivity index (χ2n) is 17.5. The Morgan fingerprint density at radius 2 is 1.82 bits per heavy atom. The molecule has 0 spiro atoms. The highest BCUT2D eigenvalue weighted by atomic mass is 16.7. The Hall–Kier alpha value is -6.13. The number of benzene rings is 2. The number of likely N-dealkylation sites (N-methyl/N-ethyl adjacent to an activating group) is 1. The number of carbonyl (C=O) groups is 5. The van der Waals surface area contributed by atoms with Crippen molar-refractivity contribution in [2.45, 2.75) is 97.5 Å². The number of phenols is 1. The molecule has 2 saturated heterocycles. The summed E-state index contributed by atoms with van der Waals surface area (Å²) in [6.45, 7) is 14.5. The molecule has 3 N–H and O–H groups in total. The van der Waals surface area contributed by atoms with Gasteiger partial charge in [0.15, 0.2) is 6.10 Å². The third-order valence-corrected chi connectivity index (χ3v) is 11.9. The zero-order chi connectivity index (χ0) is 44.5. The van der Waals surface area contributed by atoms with Gasteiger partial charge in [0.25, 0.3) is 17.7 Å². The lowest BCUT2D eigenvalue weighted by molar-refractivity contribution is -0.183. The molecule has 0 saturated carbocycles. The minimum absolute atomic E-state index is 0.0241. The summed E-state index contributed by atoms with van der Waals surface area (Å²) in [4.78, 5) is 84.2. The number of cyclic esters (lactones) is 1. The van der Waals surface area contributed by atoms with Gasteiger partial charge in [0.1, 0.15) is 30.2 Å². The van der Waals surface area contributed by atoms with Crippen molar-refractivity contribution in [3.8, 4) is 28.1 Å². The van der Waals surface area contributed by atoms with Crippen molar-refractivity contribution < 1.29 is 38.7 Å². The number of ether oxygens (including phenoxy) is 1. The lowest BCUT2D eigenvalue weighted by Crippen LogP contribution is -2.62. The molecular formula is C46H56N8O8. The molecule has 0 radical (unpaired) electrons. The molecule has 16 nitrogen and oxygen atoms in total. The topological polar surface area (TPSA) is 189 Å². The van der Waals surface area contributed by atoms with Crippen LogP contribution in [0.3, 0.4) is 0 Å². The van der Waals surface area contributed by atoms with E-state index in [1.165, 1.54) is 23.3 Å². The molecule has 3 aliphatic rings. The molecule has 6 bridgehead atoms. The fraction of sp³-hybridized carbons (Fsp3) is 0.457. The van der Waals surface area contributed by atoms with Crippen LogP contribution in [0.15, 0.2) is 67.8 Å². The summed E-state index contributed by atoms with van der Waals surface area (Å²) in [6.07, 6.45) is 6.89. The van der Waals surface area contributed by atoms with Crippen molar-refractivity contribution in [1.29, 1.82) is 0 Å². The van der Waals surface area contributed by atoms with Gasteiger partial charge in [-0.2, -0.15) is 0 Å². The number of rotatable bonds is 8. The van der Waals surface area contributed by atoms with Crippen molar-refractivity contribution in [2.24, 2.45) is 11.3 Å². The number of hydrazine groups is 1. The van der Waals surface area contributed by atoms with Gasteiger partial charge in [0.05, 0.1) is 18.8 Å². The summed E-state index contributed by atoms with van der Waals surface area (Å²) in [5.74, 6) is -2.96. The van der Waals surface area contributed by atoms with Crippen LogP contribution in [0.4, 0.5) is 0 Å². The van der Waals surface area contributed by atoms with Crippen molar-refractivity contribution in [3.63, 3.8) is 0 Å². The summed E-state index contributed by atoms with van der Waals surface area (Å²) in [7, 11) is 1.50. The van der Waals surface area contributed by atoms with Crippen molar-refractivity contribution in [3.05, 3.63) is 78.9 Å². The quantitative estimate of drug-likeness (QED) is 0.169. The van der Waals surface area contributed by atoms with Crippen LogP contribution in [0.25, 0.3) is 33.3 Å². The molecule has 4 aromatic rings. The number of hydrogen-bond acceptors (Lipinski definition) is 11. The number of esters is 1. The molecule has 2 fully saturated rings. The van der Waals surface area contributed by atoms with Gasteiger partial charge in [-0.15, -0.1) is 0 Å². The number of aromatic nitrogens is 3. The zero-order valence-corrected chi connectivity index (χ0v) is 36.2. The summed E-state index contributed by atoms with van der Waals surface area (Å²) in [6, 6.07) is 8.25. The average Bonchev–Trinajstić information content (AvgIpc) is 3.87. The van der Waals surface area contributed by atoms with Gasteiger partial charge in [-0.05, 0) is 84.7 Å². The monoisotopic (exact) mass is 848 g/mol. The number of carbonyl (C=O) groups excluding carboxylic acids is 5. The zero-order valence-electron chi connectivity index (χ0n) is 36.2. The van der Waals surface area contributed by atoms with Crippen molar-refractivity contribution in [2.75, 3.05) is 26.7 Å². The first-order valence-corrected chi connectivity index (χ1v) is 21.2. The van der Waals surface area contributed by atoms with Gasteiger partial charge in [0, 0.05) is 67.3 Å². The average molecular weight is 849 g/mol. The van der Waals surface area contributed by atoms with Crippen LogP contribution in [0.2, 0.25) is 0 Å². The molecule has 3 aliphatic heterocycles. The first-order chi connectivity index (χ1) is 29.6. The van der Waals surface area contributed by atoms with Gasteiger partial charge >= 0.3 is 5.97 Å². The first-order valence-electron chi connectivity index (χ1n) is 21.2. The number of hydroxylamine groups is 2. The molecular weight excluding hydrogens is 793 g/mol. The minimum Gasteiger partial charge on any atom is -0.508 e. The largest absolute Gasteiger partial charge is 0.508 e. The molecule has 4 atom stereocenters. The van der Waals surface area contributed by atoms with Crippen LogP contribution >= 0.6 is 0 Å². The Morgan fingerprint density at radius 3 is 2.53 bits per heavy atom. The van der Waals surface area contributed by atoms with Crippen LogP contribution in [-0.2, 0) is 52.9 Å². The van der Waals surface area contributed by atoms with E-state index in [4.69, 9.17) is 9.57 Å². The van der Waals surface area contributed by atoms with Crippen LogP contribution < -0.4 is 10.7 Å². The molecule has 7 rings (SSSR count). The predicted molar refractivity (Wildman–Crippen MR) is 230 cm³/mol. The lowest BCUT2D eigenvalue weighted by atomic mass is 9.84. The van der Waals surface area contributed by atoms with E-state index < -0.39 is 65.2 Å². The third-order valence-electron chi connectivity index (χ3n) is 11.9. The van der Waals surface area contributed by atoms with E-state index in [1.54, 1.807) is 38.4 Å². The smallest absolute Gasteiger partial charge is 0.324 e. The van der Waals surface area contributed by atoms with E-state index in [0.717, 1.165) is 44.4 Å².